The van der Waals surface area contributed by atoms with Gasteiger partial charge in [-0.15, -0.1) is 0 Å². The van der Waals surface area contributed by atoms with Gasteiger partial charge in [-0.1, -0.05) is 30.3 Å². The Labute approximate surface area is 216 Å². The third kappa shape index (κ3) is 4.27. The van der Waals surface area contributed by atoms with Gasteiger partial charge in [0.15, 0.2) is 0 Å². The fourth-order valence-electron chi connectivity index (χ4n) is 5.81. The minimum absolute atomic E-state index is 0.260. The van der Waals surface area contributed by atoms with Crippen LogP contribution in [-0.4, -0.2) is 45.8 Å². The van der Waals surface area contributed by atoms with E-state index in [1.165, 1.54) is 11.8 Å². The second kappa shape index (κ2) is 9.30. The first-order valence-electron chi connectivity index (χ1n) is 12.9. The van der Waals surface area contributed by atoms with Crippen molar-refractivity contribution < 1.29 is 13.9 Å². The number of carbonyl (C=O) groups is 1. The molecule has 6 nitrogen and oxygen atoms in total. The number of hydrogen-bond acceptors (Lipinski definition) is 4. The van der Waals surface area contributed by atoms with Gasteiger partial charge in [0.25, 0.3) is 0 Å². The molecule has 2 aromatic heterocycles. The summed E-state index contributed by atoms with van der Waals surface area (Å²) in [7, 11) is 0. The van der Waals surface area contributed by atoms with Gasteiger partial charge in [0.05, 0.1) is 12.7 Å². The van der Waals surface area contributed by atoms with E-state index in [0.29, 0.717) is 12.1 Å². The summed E-state index contributed by atoms with van der Waals surface area (Å²) in [5.41, 5.74) is 4.18. The monoisotopic (exact) mass is 498 g/mol. The van der Waals surface area contributed by atoms with Crippen molar-refractivity contribution in [1.82, 2.24) is 14.5 Å². The summed E-state index contributed by atoms with van der Waals surface area (Å²) in [6, 6.07) is 17.9. The highest BCUT2D eigenvalue weighted by molar-refractivity contribution is 5.98. The van der Waals surface area contributed by atoms with Crippen molar-refractivity contribution in [2.24, 2.45) is 0 Å². The zero-order valence-electron chi connectivity index (χ0n) is 21.2. The van der Waals surface area contributed by atoms with Crippen LogP contribution in [0.25, 0.3) is 22.0 Å². The molecule has 6 rings (SSSR count). The number of para-hydroxylation sites is 1. The molecule has 2 aromatic carbocycles. The molecule has 2 fully saturated rings. The van der Waals surface area contributed by atoms with Crippen LogP contribution in [-0.2, 0) is 11.3 Å². The van der Waals surface area contributed by atoms with E-state index in [1.807, 2.05) is 42.5 Å². The van der Waals surface area contributed by atoms with Crippen molar-refractivity contribution >= 4 is 22.7 Å². The van der Waals surface area contributed by atoms with Crippen LogP contribution >= 0.6 is 0 Å². The van der Waals surface area contributed by atoms with E-state index in [-0.39, 0.29) is 18.0 Å². The summed E-state index contributed by atoms with van der Waals surface area (Å²) in [4.78, 5) is 20.8. The molecule has 4 heterocycles. The Morgan fingerprint density at radius 2 is 1.81 bits per heavy atom. The largest absolute Gasteiger partial charge is 0.441 e. The summed E-state index contributed by atoms with van der Waals surface area (Å²) >= 11 is 0. The Kier molecular flexibility index (Phi) is 5.95. The normalized spacial score (nSPS) is 17.7. The lowest BCUT2D eigenvalue weighted by atomic mass is 9.90. The van der Waals surface area contributed by atoms with Crippen LogP contribution in [0.3, 0.4) is 0 Å². The van der Waals surface area contributed by atoms with Gasteiger partial charge < -0.3 is 9.30 Å². The number of nitrogens with zero attached hydrogens (tertiary/aromatic N) is 4. The summed E-state index contributed by atoms with van der Waals surface area (Å²) in [6.45, 7) is 7.33. The van der Waals surface area contributed by atoms with Gasteiger partial charge in [-0.05, 0) is 49.2 Å². The molecule has 0 bridgehead atoms. The highest BCUT2D eigenvalue weighted by Gasteiger charge is 2.47. The van der Waals surface area contributed by atoms with Crippen LogP contribution < -0.4 is 4.90 Å². The maximum Gasteiger partial charge on any atom is 0.415 e. The third-order valence-corrected chi connectivity index (χ3v) is 7.76. The number of likely N-dealkylation sites (tertiary alicyclic amines) is 1. The van der Waals surface area contributed by atoms with Crippen molar-refractivity contribution in [3.63, 3.8) is 0 Å². The van der Waals surface area contributed by atoms with E-state index >= 15 is 0 Å². The van der Waals surface area contributed by atoms with Gasteiger partial charge in [-0.25, -0.2) is 9.18 Å². The minimum Gasteiger partial charge on any atom is -0.441 e. The van der Waals surface area contributed by atoms with Crippen LogP contribution in [0.15, 0.2) is 73.2 Å². The first-order valence-corrected chi connectivity index (χ1v) is 12.9. The molecule has 0 atom stereocenters. The van der Waals surface area contributed by atoms with Crippen LogP contribution in [0.2, 0.25) is 0 Å². The molecule has 0 N–H and O–H groups in total. The molecule has 0 saturated carbocycles. The molecule has 0 unspecified atom stereocenters. The molecule has 4 aromatic rings. The maximum absolute atomic E-state index is 14.8. The first kappa shape index (κ1) is 23.7. The number of ether oxygens (including phenoxy) is 1. The molecule has 0 aliphatic carbocycles. The Hall–Kier alpha value is -3.71. The molecule has 190 valence electrons. The summed E-state index contributed by atoms with van der Waals surface area (Å²) in [5.74, 6) is -0.316. The second-order valence-electron chi connectivity index (χ2n) is 10.5. The lowest BCUT2D eigenvalue weighted by Gasteiger charge is -2.37. The highest BCUT2D eigenvalue weighted by Crippen LogP contribution is 2.38. The van der Waals surface area contributed by atoms with E-state index in [4.69, 9.17) is 4.74 Å². The predicted molar refractivity (Wildman–Crippen MR) is 143 cm³/mol. The molecular formula is C30H31FN4O2. The van der Waals surface area contributed by atoms with Gasteiger partial charge in [0.2, 0.25) is 0 Å². The standard InChI is InChI=1S/C30H31FN4O2/c1-21(2)34-19-22(28-25(9-6-10-27(28)34)24-11-14-32-17-26(24)31)18-33-15-12-30(13-16-33)20-35(29(36)37-30)23-7-4-3-5-8-23/h3-11,14,17,19,21H,12-13,15-16,18,20H2,1-2H3. The van der Waals surface area contributed by atoms with E-state index in [2.05, 4.69) is 40.6 Å². The predicted octanol–water partition coefficient (Wildman–Crippen LogP) is 6.41. The van der Waals surface area contributed by atoms with Gasteiger partial charge in [-0.3, -0.25) is 14.8 Å². The van der Waals surface area contributed by atoms with Crippen molar-refractivity contribution in [2.75, 3.05) is 24.5 Å². The molecule has 0 radical (unpaired) electrons. The fourth-order valence-corrected chi connectivity index (χ4v) is 5.81. The number of fused-ring (bicyclic) bond motifs is 1. The fraction of sp³-hybridized carbons (Fsp3) is 0.333. The van der Waals surface area contributed by atoms with E-state index in [0.717, 1.165) is 54.6 Å². The van der Waals surface area contributed by atoms with Crippen LogP contribution in [0.1, 0.15) is 38.3 Å². The number of amides is 1. The average Bonchev–Trinajstić information content (AvgIpc) is 3.44. The Morgan fingerprint density at radius 3 is 2.54 bits per heavy atom. The van der Waals surface area contributed by atoms with Crippen LogP contribution in [0.5, 0.6) is 0 Å². The lowest BCUT2D eigenvalue weighted by Crippen LogP contribution is -2.46. The number of aromatic nitrogens is 2. The molecule has 1 amide bonds. The molecule has 1 spiro atoms. The smallest absolute Gasteiger partial charge is 0.415 e. The highest BCUT2D eigenvalue weighted by atomic mass is 19.1. The average molecular weight is 499 g/mol. The SMILES string of the molecule is CC(C)n1cc(CN2CCC3(CC2)CN(c2ccccc2)C(=O)O3)c2c(-c3ccncc3F)cccc21. The minimum atomic E-state index is -0.444. The van der Waals surface area contributed by atoms with Crippen molar-refractivity contribution in [2.45, 2.75) is 44.9 Å². The summed E-state index contributed by atoms with van der Waals surface area (Å²) < 4.78 is 23.0. The van der Waals surface area contributed by atoms with Crippen molar-refractivity contribution in [3.8, 4) is 11.1 Å². The number of carbonyl (C=O) groups excluding carboxylic acids is 1. The Morgan fingerprint density at radius 1 is 1.03 bits per heavy atom. The summed E-state index contributed by atoms with van der Waals surface area (Å²) in [5, 5.41) is 1.09. The number of hydrogen-bond donors (Lipinski definition) is 0. The number of anilines is 1. The van der Waals surface area contributed by atoms with Crippen LogP contribution in [0.4, 0.5) is 14.9 Å². The molecule has 2 saturated heterocycles. The van der Waals surface area contributed by atoms with E-state index in [9.17, 15) is 9.18 Å². The zero-order chi connectivity index (χ0) is 25.6. The Bertz CT molecular complexity index is 1440. The topological polar surface area (TPSA) is 50.6 Å². The van der Waals surface area contributed by atoms with Gasteiger partial charge in [-0.2, -0.15) is 0 Å². The number of halogens is 1. The first-order chi connectivity index (χ1) is 17.9. The maximum atomic E-state index is 14.8. The third-order valence-electron chi connectivity index (χ3n) is 7.76. The molecule has 2 aliphatic heterocycles. The number of pyridine rings is 1. The van der Waals surface area contributed by atoms with E-state index < -0.39 is 5.60 Å². The lowest BCUT2D eigenvalue weighted by molar-refractivity contribution is -0.000890. The molecular weight excluding hydrogens is 467 g/mol. The number of piperidine rings is 1. The summed E-state index contributed by atoms with van der Waals surface area (Å²) in [6.07, 6.45) is 6.45. The van der Waals surface area contributed by atoms with Crippen molar-refractivity contribution in [1.29, 1.82) is 0 Å². The van der Waals surface area contributed by atoms with Crippen LogP contribution in [0, 0.1) is 5.82 Å². The number of benzene rings is 2. The molecule has 7 heteroatoms. The molecule has 37 heavy (non-hydrogen) atoms. The van der Waals surface area contributed by atoms with E-state index in [1.54, 1.807) is 17.2 Å². The molecule has 2 aliphatic rings. The Balaban J connectivity index is 1.26. The van der Waals surface area contributed by atoms with Gasteiger partial charge in [0.1, 0.15) is 11.4 Å². The van der Waals surface area contributed by atoms with Gasteiger partial charge in [0, 0.05) is 73.1 Å². The second-order valence-corrected chi connectivity index (χ2v) is 10.5. The number of rotatable bonds is 5. The quantitative estimate of drug-likeness (QED) is 0.319. The van der Waals surface area contributed by atoms with Crippen molar-refractivity contribution in [3.05, 3.63) is 84.6 Å². The van der Waals surface area contributed by atoms with Gasteiger partial charge >= 0.3 is 6.09 Å². The zero-order valence-corrected chi connectivity index (χ0v) is 21.2.